The number of hydrogen-bond acceptors (Lipinski definition) is 3. The van der Waals surface area contributed by atoms with Gasteiger partial charge in [-0.15, -0.1) is 11.8 Å². The first-order valence-electron chi connectivity index (χ1n) is 5.40. The summed E-state index contributed by atoms with van der Waals surface area (Å²) >= 11 is 1.88. The molecule has 1 atom stereocenters. The lowest BCUT2D eigenvalue weighted by molar-refractivity contribution is 0.155. The summed E-state index contributed by atoms with van der Waals surface area (Å²) in [7, 11) is 0. The number of benzene rings is 1. The maximum absolute atomic E-state index is 9.65. The lowest BCUT2D eigenvalue weighted by Gasteiger charge is -2.38. The molecule has 0 saturated carbocycles. The van der Waals surface area contributed by atoms with Crippen molar-refractivity contribution in [1.82, 2.24) is 5.32 Å². The van der Waals surface area contributed by atoms with E-state index in [4.69, 9.17) is 0 Å². The fourth-order valence-corrected chi connectivity index (χ4v) is 3.46. The van der Waals surface area contributed by atoms with Crippen LogP contribution in [0.25, 0.3) is 0 Å². The summed E-state index contributed by atoms with van der Waals surface area (Å²) < 4.78 is 0. The van der Waals surface area contributed by atoms with E-state index in [9.17, 15) is 5.11 Å². The molecule has 0 spiro atoms. The second-order valence-corrected chi connectivity index (χ2v) is 5.00. The minimum absolute atomic E-state index is 0.179. The predicted octanol–water partition coefficient (Wildman–Crippen LogP) is 1.98. The van der Waals surface area contributed by atoms with Crippen LogP contribution in [0.5, 0.6) is 0 Å². The molecule has 1 aliphatic rings. The molecular weight excluding hydrogens is 206 g/mol. The summed E-state index contributed by atoms with van der Waals surface area (Å²) in [6, 6.07) is 8.37. The van der Waals surface area contributed by atoms with Gasteiger partial charge in [0.25, 0.3) is 0 Å². The van der Waals surface area contributed by atoms with E-state index >= 15 is 0 Å². The van der Waals surface area contributed by atoms with Gasteiger partial charge in [0, 0.05) is 10.6 Å². The largest absolute Gasteiger partial charge is 0.394 e. The molecule has 1 aromatic rings. The number of hydrogen-bond donors (Lipinski definition) is 2. The van der Waals surface area contributed by atoms with Gasteiger partial charge in [0.05, 0.1) is 12.1 Å². The van der Waals surface area contributed by atoms with Gasteiger partial charge in [-0.2, -0.15) is 0 Å². The second-order valence-electron chi connectivity index (χ2n) is 3.87. The summed E-state index contributed by atoms with van der Waals surface area (Å²) in [5.74, 6) is 1.07. The SMILES string of the molecule is CCNC1(CO)CCSc2ccccc21. The average Bonchev–Trinajstić information content (AvgIpc) is 2.30. The summed E-state index contributed by atoms with van der Waals surface area (Å²) in [5.41, 5.74) is 1.04. The zero-order chi connectivity index (χ0) is 10.7. The predicted molar refractivity (Wildman–Crippen MR) is 64.2 cm³/mol. The van der Waals surface area contributed by atoms with Crippen LogP contribution in [0, 0.1) is 0 Å². The van der Waals surface area contributed by atoms with Crippen molar-refractivity contribution in [3.8, 4) is 0 Å². The first-order chi connectivity index (χ1) is 7.32. The monoisotopic (exact) mass is 223 g/mol. The van der Waals surface area contributed by atoms with Crippen LogP contribution in [-0.2, 0) is 5.54 Å². The van der Waals surface area contributed by atoms with E-state index in [2.05, 4.69) is 30.4 Å². The van der Waals surface area contributed by atoms with Crippen LogP contribution in [0.1, 0.15) is 18.9 Å². The summed E-state index contributed by atoms with van der Waals surface area (Å²) in [5, 5.41) is 13.1. The minimum Gasteiger partial charge on any atom is -0.394 e. The molecular formula is C12H17NOS. The molecule has 2 N–H and O–H groups in total. The van der Waals surface area contributed by atoms with Gasteiger partial charge >= 0.3 is 0 Å². The van der Waals surface area contributed by atoms with Gasteiger partial charge in [0.15, 0.2) is 0 Å². The van der Waals surface area contributed by atoms with E-state index in [1.807, 2.05) is 17.8 Å². The molecule has 0 saturated heterocycles. The number of rotatable bonds is 3. The third kappa shape index (κ3) is 1.92. The van der Waals surface area contributed by atoms with Crippen molar-refractivity contribution in [2.75, 3.05) is 18.9 Å². The maximum Gasteiger partial charge on any atom is 0.0687 e. The molecule has 0 bridgehead atoms. The molecule has 15 heavy (non-hydrogen) atoms. The quantitative estimate of drug-likeness (QED) is 0.822. The highest BCUT2D eigenvalue weighted by Gasteiger charge is 2.35. The van der Waals surface area contributed by atoms with Crippen LogP contribution in [0.4, 0.5) is 0 Å². The zero-order valence-electron chi connectivity index (χ0n) is 8.99. The number of likely N-dealkylation sites (N-methyl/N-ethyl adjacent to an activating group) is 1. The fraction of sp³-hybridized carbons (Fsp3) is 0.500. The average molecular weight is 223 g/mol. The first-order valence-corrected chi connectivity index (χ1v) is 6.39. The zero-order valence-corrected chi connectivity index (χ0v) is 9.81. The van der Waals surface area contributed by atoms with Crippen LogP contribution in [0.3, 0.4) is 0 Å². The third-order valence-electron chi connectivity index (χ3n) is 2.97. The van der Waals surface area contributed by atoms with Gasteiger partial charge in [0.2, 0.25) is 0 Å². The Kier molecular flexibility index (Phi) is 3.34. The number of thioether (sulfide) groups is 1. The molecule has 0 aliphatic carbocycles. The molecule has 1 aromatic carbocycles. The van der Waals surface area contributed by atoms with Crippen LogP contribution in [-0.4, -0.2) is 24.0 Å². The molecule has 2 rings (SSSR count). The van der Waals surface area contributed by atoms with Crippen molar-refractivity contribution in [3.05, 3.63) is 29.8 Å². The van der Waals surface area contributed by atoms with E-state index in [0.29, 0.717) is 0 Å². The molecule has 1 unspecified atom stereocenters. The highest BCUT2D eigenvalue weighted by atomic mass is 32.2. The Labute approximate surface area is 95.1 Å². The van der Waals surface area contributed by atoms with Crippen LogP contribution < -0.4 is 5.32 Å². The summed E-state index contributed by atoms with van der Waals surface area (Å²) in [6.07, 6.45) is 0.999. The smallest absolute Gasteiger partial charge is 0.0687 e. The molecule has 0 amide bonds. The summed E-state index contributed by atoms with van der Waals surface area (Å²) in [6.45, 7) is 3.15. The molecule has 3 heteroatoms. The topological polar surface area (TPSA) is 32.3 Å². The minimum atomic E-state index is -0.212. The standard InChI is InChI=1S/C12H17NOS/c1-2-13-12(9-14)7-8-15-11-6-4-3-5-10(11)12/h3-6,13-14H,2,7-9H2,1H3. The number of fused-ring (bicyclic) bond motifs is 1. The van der Waals surface area contributed by atoms with Crippen molar-refractivity contribution in [2.24, 2.45) is 0 Å². The Morgan fingerprint density at radius 3 is 3.00 bits per heavy atom. The van der Waals surface area contributed by atoms with Crippen LogP contribution in [0.15, 0.2) is 29.2 Å². The van der Waals surface area contributed by atoms with Gasteiger partial charge < -0.3 is 10.4 Å². The highest BCUT2D eigenvalue weighted by molar-refractivity contribution is 7.99. The molecule has 1 aliphatic heterocycles. The van der Waals surface area contributed by atoms with Crippen molar-refractivity contribution in [2.45, 2.75) is 23.8 Å². The van der Waals surface area contributed by atoms with Crippen LogP contribution in [0.2, 0.25) is 0 Å². The van der Waals surface area contributed by atoms with Gasteiger partial charge in [-0.3, -0.25) is 0 Å². The maximum atomic E-state index is 9.65. The molecule has 82 valence electrons. The van der Waals surface area contributed by atoms with Gasteiger partial charge in [-0.1, -0.05) is 25.1 Å². The van der Waals surface area contributed by atoms with Crippen molar-refractivity contribution >= 4 is 11.8 Å². The lowest BCUT2D eigenvalue weighted by atomic mass is 9.87. The van der Waals surface area contributed by atoms with Crippen LogP contribution >= 0.6 is 11.8 Å². The Morgan fingerprint density at radius 2 is 2.27 bits per heavy atom. The van der Waals surface area contributed by atoms with Crippen molar-refractivity contribution in [1.29, 1.82) is 0 Å². The van der Waals surface area contributed by atoms with E-state index in [1.54, 1.807) is 0 Å². The summed E-state index contributed by atoms with van der Waals surface area (Å²) in [4.78, 5) is 1.30. The number of nitrogens with one attached hydrogen (secondary N) is 1. The van der Waals surface area contributed by atoms with E-state index in [-0.39, 0.29) is 12.1 Å². The van der Waals surface area contributed by atoms with Gasteiger partial charge in [-0.25, -0.2) is 0 Å². The lowest BCUT2D eigenvalue weighted by Crippen LogP contribution is -2.47. The second kappa shape index (κ2) is 4.56. The highest BCUT2D eigenvalue weighted by Crippen LogP contribution is 2.39. The van der Waals surface area contributed by atoms with Gasteiger partial charge in [-0.05, 0) is 24.6 Å². The van der Waals surface area contributed by atoms with E-state index in [0.717, 1.165) is 18.7 Å². The molecule has 0 aromatic heterocycles. The Hall–Kier alpha value is -0.510. The third-order valence-corrected chi connectivity index (χ3v) is 4.05. The molecule has 1 heterocycles. The van der Waals surface area contributed by atoms with Gasteiger partial charge in [0.1, 0.15) is 0 Å². The first kappa shape index (κ1) is 11.0. The normalized spacial score (nSPS) is 24.9. The van der Waals surface area contributed by atoms with E-state index < -0.39 is 0 Å². The Morgan fingerprint density at radius 1 is 1.47 bits per heavy atom. The Bertz CT molecular complexity index is 342. The number of aliphatic hydroxyl groups excluding tert-OH is 1. The Balaban J connectivity index is 2.42. The fourth-order valence-electron chi connectivity index (χ4n) is 2.20. The molecule has 2 nitrogen and oxygen atoms in total. The number of aliphatic hydroxyl groups is 1. The molecule has 0 fully saturated rings. The van der Waals surface area contributed by atoms with E-state index in [1.165, 1.54) is 10.5 Å². The molecule has 0 radical (unpaired) electrons. The van der Waals surface area contributed by atoms with Crippen molar-refractivity contribution < 1.29 is 5.11 Å². The van der Waals surface area contributed by atoms with Crippen molar-refractivity contribution in [3.63, 3.8) is 0 Å².